The van der Waals surface area contributed by atoms with Gasteiger partial charge in [0, 0.05) is 70.6 Å². The lowest BCUT2D eigenvalue weighted by Crippen LogP contribution is -2.40. The molecule has 0 bridgehead atoms. The average molecular weight is 899 g/mol. The molecule has 0 saturated carbocycles. The van der Waals surface area contributed by atoms with E-state index in [9.17, 15) is 9.59 Å². The maximum atomic E-state index is 12.8. The van der Waals surface area contributed by atoms with Crippen molar-refractivity contribution in [2.75, 3.05) is 74.1 Å². The Kier molecular flexibility index (Phi) is 23.5. The fourth-order valence-electron chi connectivity index (χ4n) is 7.72. The van der Waals surface area contributed by atoms with Crippen LogP contribution in [-0.2, 0) is 46.4 Å². The van der Waals surface area contributed by atoms with Crippen LogP contribution in [0.5, 0.6) is 11.5 Å². The third-order valence-electron chi connectivity index (χ3n) is 10.4. The first-order valence-electron chi connectivity index (χ1n) is 22.1. The highest BCUT2D eigenvalue weighted by atomic mass is 28.3. The molecule has 4 aromatic carbocycles. The van der Waals surface area contributed by atoms with Gasteiger partial charge < -0.3 is 33.2 Å². The van der Waals surface area contributed by atoms with Crippen LogP contribution in [0.1, 0.15) is 64.3 Å². The van der Waals surface area contributed by atoms with Gasteiger partial charge in [0.05, 0.1) is 33.9 Å². The highest BCUT2D eigenvalue weighted by Crippen LogP contribution is 2.42. The summed E-state index contributed by atoms with van der Waals surface area (Å²) in [5.74, 6) is 0.858. The molecule has 1 fully saturated rings. The Morgan fingerprint density at radius 1 is 0.688 bits per heavy atom. The lowest BCUT2D eigenvalue weighted by molar-refractivity contribution is -0.148. The molecule has 4 aromatic rings. The summed E-state index contributed by atoms with van der Waals surface area (Å²) in [7, 11) is 3.88. The van der Waals surface area contributed by atoms with Crippen LogP contribution >= 0.6 is 0 Å². The minimum atomic E-state index is -1.07. The van der Waals surface area contributed by atoms with Gasteiger partial charge in [-0.15, -0.1) is 0 Å². The Morgan fingerprint density at radius 3 is 1.80 bits per heavy atom. The van der Waals surface area contributed by atoms with Gasteiger partial charge in [-0.05, 0) is 87.2 Å². The van der Waals surface area contributed by atoms with Crippen molar-refractivity contribution in [1.82, 2.24) is 9.80 Å². The first kappa shape index (κ1) is 53.5. The molecule has 350 valence electrons. The number of aryl methyl sites for hydroxylation is 4. The van der Waals surface area contributed by atoms with E-state index < -0.39 is 8.07 Å². The monoisotopic (exact) mass is 899 g/mol. The standard InChI is InChI=1S/C24H31NO4.C15H20O4.C13H23NOSi/c1-5-28-24(26)21-15-25(13-19-9-7-6-8-10-19)14-20(21)22-17(2)11-12-18(3)23(22)29-16-27-4;1-5-18-14(16)9-8-13-11(2)6-7-12(3)15(13)19-10-17-4;1-15-11-14(12-16(2,3)4)10-13-8-6-5-7-9-13/h6-12,20-21H,5,13-16H2,1-4H3;6-9H,5,10H2,1-4H3;5-9H,10-12H2,1-4H3/b;9-8+;. The molecule has 1 aliphatic rings. The maximum Gasteiger partial charge on any atom is 0.330 e. The maximum absolute atomic E-state index is 12.8. The molecule has 0 amide bonds. The van der Waals surface area contributed by atoms with E-state index in [2.05, 4.69) is 91.0 Å². The number of benzene rings is 4. The minimum Gasteiger partial charge on any atom is -0.467 e. The lowest BCUT2D eigenvalue weighted by Gasteiger charge is -2.28. The molecule has 0 radical (unpaired) electrons. The summed E-state index contributed by atoms with van der Waals surface area (Å²) in [6, 6.07) is 29.1. The molecule has 64 heavy (non-hydrogen) atoms. The minimum absolute atomic E-state index is 0.0181. The summed E-state index contributed by atoms with van der Waals surface area (Å²) in [5, 5.41) is 0. The van der Waals surface area contributed by atoms with Crippen molar-refractivity contribution in [3.05, 3.63) is 136 Å². The highest BCUT2D eigenvalue weighted by molar-refractivity contribution is 6.76. The van der Waals surface area contributed by atoms with Gasteiger partial charge in [-0.3, -0.25) is 14.6 Å². The van der Waals surface area contributed by atoms with Crippen molar-refractivity contribution in [2.45, 2.75) is 80.2 Å². The lowest BCUT2D eigenvalue weighted by atomic mass is 9.84. The normalized spacial score (nSPS) is 15.0. The topological polar surface area (TPSA) is 105 Å². The molecule has 12 heteroatoms. The van der Waals surface area contributed by atoms with Crippen molar-refractivity contribution in [3.63, 3.8) is 0 Å². The van der Waals surface area contributed by atoms with Gasteiger partial charge >= 0.3 is 11.9 Å². The van der Waals surface area contributed by atoms with E-state index in [1.807, 2.05) is 58.0 Å². The number of carbonyl (C=O) groups is 2. The second-order valence-electron chi connectivity index (χ2n) is 17.2. The van der Waals surface area contributed by atoms with Crippen LogP contribution in [0.2, 0.25) is 19.6 Å². The van der Waals surface area contributed by atoms with Gasteiger partial charge in [0.1, 0.15) is 11.5 Å². The molecule has 0 N–H and O–H groups in total. The van der Waals surface area contributed by atoms with Crippen molar-refractivity contribution in [1.29, 1.82) is 0 Å². The quantitative estimate of drug-likeness (QED) is 0.0367. The molecule has 2 unspecified atom stereocenters. The summed E-state index contributed by atoms with van der Waals surface area (Å²) in [6.45, 7) is 23.9. The molecular weight excluding hydrogens is 825 g/mol. The van der Waals surface area contributed by atoms with Gasteiger partial charge in [-0.1, -0.05) is 105 Å². The summed E-state index contributed by atoms with van der Waals surface area (Å²) in [4.78, 5) is 28.9. The predicted molar refractivity (Wildman–Crippen MR) is 259 cm³/mol. The number of hydrogen-bond donors (Lipinski definition) is 0. The summed E-state index contributed by atoms with van der Waals surface area (Å²) < 4.78 is 37.2. The second kappa shape index (κ2) is 28.2. The Morgan fingerprint density at radius 2 is 1.23 bits per heavy atom. The SMILES string of the molecule is CCOC(=O)/C=C/c1c(C)ccc(C)c1OCOC.CCOC(=O)C1CN(Cc2ccccc2)CC1c1c(C)ccc(C)c1OCOC.COCN(Cc1ccccc1)C[Si](C)(C)C. The number of nitrogens with zero attached hydrogens (tertiary/aromatic N) is 2. The van der Waals surface area contributed by atoms with Crippen molar-refractivity contribution in [3.8, 4) is 11.5 Å². The molecule has 0 aliphatic carbocycles. The fraction of sp³-hybridized carbons (Fsp3) is 0.462. The Bertz CT molecular complexity index is 2020. The van der Waals surface area contributed by atoms with Gasteiger partial charge in [-0.25, -0.2) is 4.79 Å². The van der Waals surface area contributed by atoms with Crippen LogP contribution < -0.4 is 9.47 Å². The van der Waals surface area contributed by atoms with Crippen molar-refractivity contribution in [2.24, 2.45) is 5.92 Å². The number of carbonyl (C=O) groups excluding carboxylic acids is 2. The van der Waals surface area contributed by atoms with Gasteiger partial charge in [0.15, 0.2) is 13.6 Å². The number of likely N-dealkylation sites (tertiary alicyclic amines) is 1. The van der Waals surface area contributed by atoms with E-state index >= 15 is 0 Å². The van der Waals surface area contributed by atoms with E-state index in [4.69, 9.17) is 33.2 Å². The third kappa shape index (κ3) is 18.0. The third-order valence-corrected chi connectivity index (χ3v) is 11.8. The Labute approximate surface area is 384 Å². The van der Waals surface area contributed by atoms with Crippen LogP contribution in [0.4, 0.5) is 0 Å². The van der Waals surface area contributed by atoms with E-state index in [1.165, 1.54) is 23.4 Å². The fourth-order valence-corrected chi connectivity index (χ4v) is 9.27. The molecule has 0 spiro atoms. The number of rotatable bonds is 20. The van der Waals surface area contributed by atoms with Gasteiger partial charge in [0.2, 0.25) is 0 Å². The Balaban J connectivity index is 0.000000271. The van der Waals surface area contributed by atoms with E-state index in [0.717, 1.165) is 71.2 Å². The number of methoxy groups -OCH3 is 3. The molecular formula is C52H74N2O9Si. The van der Waals surface area contributed by atoms with Crippen LogP contribution in [0, 0.1) is 33.6 Å². The molecule has 5 rings (SSSR count). The van der Waals surface area contributed by atoms with E-state index in [1.54, 1.807) is 34.3 Å². The molecule has 11 nitrogen and oxygen atoms in total. The molecule has 1 heterocycles. The van der Waals surface area contributed by atoms with Crippen LogP contribution in [-0.4, -0.2) is 104 Å². The number of hydrogen-bond acceptors (Lipinski definition) is 11. The Hall–Kier alpha value is -4.82. The van der Waals surface area contributed by atoms with Gasteiger partial charge in [0.25, 0.3) is 0 Å². The smallest absolute Gasteiger partial charge is 0.330 e. The molecule has 1 aliphatic heterocycles. The van der Waals surface area contributed by atoms with E-state index in [-0.39, 0.29) is 37.4 Å². The first-order chi connectivity index (χ1) is 30.7. The zero-order valence-electron chi connectivity index (χ0n) is 40.5. The van der Waals surface area contributed by atoms with Crippen molar-refractivity contribution < 1.29 is 42.7 Å². The summed E-state index contributed by atoms with van der Waals surface area (Å²) in [5.41, 5.74) is 8.75. The molecule has 2 atom stereocenters. The van der Waals surface area contributed by atoms with Gasteiger partial charge in [-0.2, -0.15) is 0 Å². The molecule has 0 aromatic heterocycles. The number of esters is 2. The largest absolute Gasteiger partial charge is 0.467 e. The van der Waals surface area contributed by atoms with Crippen LogP contribution in [0.3, 0.4) is 0 Å². The summed E-state index contributed by atoms with van der Waals surface area (Å²) >= 11 is 0. The average Bonchev–Trinajstić information content (AvgIpc) is 3.67. The van der Waals surface area contributed by atoms with E-state index in [0.29, 0.717) is 19.8 Å². The van der Waals surface area contributed by atoms with Crippen molar-refractivity contribution >= 4 is 26.1 Å². The first-order valence-corrected chi connectivity index (χ1v) is 25.8. The van der Waals surface area contributed by atoms with Crippen LogP contribution in [0.25, 0.3) is 6.08 Å². The second-order valence-corrected chi connectivity index (χ2v) is 22.6. The highest BCUT2D eigenvalue weighted by Gasteiger charge is 2.41. The number of ether oxygens (including phenoxy) is 7. The predicted octanol–water partition coefficient (Wildman–Crippen LogP) is 9.90. The zero-order valence-corrected chi connectivity index (χ0v) is 41.5. The summed E-state index contributed by atoms with van der Waals surface area (Å²) in [6.07, 6.45) is 4.30. The zero-order chi connectivity index (χ0) is 47.1. The van der Waals surface area contributed by atoms with Crippen LogP contribution in [0.15, 0.2) is 91.0 Å². The molecule has 1 saturated heterocycles.